The maximum atomic E-state index is 9.04. The van der Waals surface area contributed by atoms with Crippen molar-refractivity contribution in [3.8, 4) is 6.07 Å². The van der Waals surface area contributed by atoms with E-state index in [9.17, 15) is 0 Å². The molecule has 0 radical (unpaired) electrons. The van der Waals surface area contributed by atoms with E-state index in [2.05, 4.69) is 55.3 Å². The molecule has 1 fully saturated rings. The Bertz CT molecular complexity index is 475. The maximum Gasteiger partial charge on any atom is 0.0643 e. The molecule has 1 aromatic carbocycles. The Hall–Kier alpha value is -1.53. The van der Waals surface area contributed by atoms with Gasteiger partial charge in [-0.25, -0.2) is 0 Å². The van der Waals surface area contributed by atoms with Gasteiger partial charge in [0.2, 0.25) is 0 Å². The SMILES string of the molecule is Cc1ccc(N2CCC(C)NCC2CC#N)cc1C. The zero-order chi connectivity index (χ0) is 13.8. The van der Waals surface area contributed by atoms with Crippen LogP contribution in [0.25, 0.3) is 0 Å². The highest BCUT2D eigenvalue weighted by molar-refractivity contribution is 5.52. The van der Waals surface area contributed by atoms with E-state index in [0.29, 0.717) is 12.5 Å². The number of nitriles is 1. The summed E-state index contributed by atoms with van der Waals surface area (Å²) in [6.07, 6.45) is 1.70. The number of hydrogen-bond acceptors (Lipinski definition) is 3. The van der Waals surface area contributed by atoms with Crippen LogP contribution in [-0.4, -0.2) is 25.2 Å². The highest BCUT2D eigenvalue weighted by Crippen LogP contribution is 2.23. The standard InChI is InChI=1S/C16H23N3/c1-12-4-5-15(10-13(12)2)19-9-7-14(3)18-11-16(19)6-8-17/h4-5,10,14,16,18H,6-7,9,11H2,1-3H3. The van der Waals surface area contributed by atoms with E-state index in [4.69, 9.17) is 5.26 Å². The Morgan fingerprint density at radius 1 is 1.37 bits per heavy atom. The summed E-state index contributed by atoms with van der Waals surface area (Å²) in [5, 5.41) is 12.5. The van der Waals surface area contributed by atoms with Gasteiger partial charge in [-0.1, -0.05) is 6.07 Å². The lowest BCUT2D eigenvalue weighted by atomic mass is 10.1. The third kappa shape index (κ3) is 3.27. The molecule has 0 spiro atoms. The normalized spacial score (nSPS) is 23.8. The molecule has 2 unspecified atom stereocenters. The van der Waals surface area contributed by atoms with Gasteiger partial charge in [-0.3, -0.25) is 0 Å². The van der Waals surface area contributed by atoms with Crippen molar-refractivity contribution in [3.05, 3.63) is 29.3 Å². The molecule has 1 N–H and O–H groups in total. The van der Waals surface area contributed by atoms with E-state index in [0.717, 1.165) is 19.5 Å². The van der Waals surface area contributed by atoms with Gasteiger partial charge in [0.25, 0.3) is 0 Å². The molecule has 2 rings (SSSR count). The Kier molecular flexibility index (Phi) is 4.44. The van der Waals surface area contributed by atoms with Crippen LogP contribution in [0.5, 0.6) is 0 Å². The molecule has 0 bridgehead atoms. The van der Waals surface area contributed by atoms with Gasteiger partial charge in [0.15, 0.2) is 0 Å². The summed E-state index contributed by atoms with van der Waals surface area (Å²) in [4.78, 5) is 2.40. The van der Waals surface area contributed by atoms with Crippen LogP contribution >= 0.6 is 0 Å². The second-order valence-electron chi connectivity index (χ2n) is 5.58. The molecule has 3 nitrogen and oxygen atoms in total. The van der Waals surface area contributed by atoms with Gasteiger partial charge < -0.3 is 10.2 Å². The van der Waals surface area contributed by atoms with E-state index >= 15 is 0 Å². The van der Waals surface area contributed by atoms with Crippen LogP contribution in [0.15, 0.2) is 18.2 Å². The fourth-order valence-corrected chi connectivity index (χ4v) is 2.60. The summed E-state index contributed by atoms with van der Waals surface area (Å²) < 4.78 is 0. The predicted molar refractivity (Wildman–Crippen MR) is 79.4 cm³/mol. The number of nitrogens with one attached hydrogen (secondary N) is 1. The minimum absolute atomic E-state index is 0.275. The van der Waals surface area contributed by atoms with Crippen LogP contribution in [0.2, 0.25) is 0 Å². The molecule has 1 heterocycles. The molecule has 2 atom stereocenters. The molecular formula is C16H23N3. The van der Waals surface area contributed by atoms with Crippen molar-refractivity contribution < 1.29 is 0 Å². The second kappa shape index (κ2) is 6.08. The molecule has 19 heavy (non-hydrogen) atoms. The zero-order valence-corrected chi connectivity index (χ0v) is 12.1. The molecule has 3 heteroatoms. The van der Waals surface area contributed by atoms with Crippen molar-refractivity contribution in [2.24, 2.45) is 0 Å². The van der Waals surface area contributed by atoms with Gasteiger partial charge in [0.1, 0.15) is 0 Å². The van der Waals surface area contributed by atoms with Crippen LogP contribution in [0.3, 0.4) is 0 Å². The van der Waals surface area contributed by atoms with Gasteiger partial charge in [-0.05, 0) is 50.5 Å². The Morgan fingerprint density at radius 3 is 2.84 bits per heavy atom. The number of rotatable bonds is 2. The lowest BCUT2D eigenvalue weighted by Crippen LogP contribution is -2.40. The van der Waals surface area contributed by atoms with Crippen LogP contribution in [0, 0.1) is 25.2 Å². The highest BCUT2D eigenvalue weighted by atomic mass is 15.2. The first kappa shape index (κ1) is 13.9. The fourth-order valence-electron chi connectivity index (χ4n) is 2.60. The van der Waals surface area contributed by atoms with E-state index in [1.807, 2.05) is 0 Å². The number of anilines is 1. The van der Waals surface area contributed by atoms with Crippen molar-refractivity contribution >= 4 is 5.69 Å². The van der Waals surface area contributed by atoms with Crippen molar-refractivity contribution in [3.63, 3.8) is 0 Å². The number of hydrogen-bond donors (Lipinski definition) is 1. The molecule has 0 aromatic heterocycles. The molecule has 0 amide bonds. The average Bonchev–Trinajstić information content (AvgIpc) is 2.56. The van der Waals surface area contributed by atoms with Crippen LogP contribution in [0.4, 0.5) is 5.69 Å². The van der Waals surface area contributed by atoms with Gasteiger partial charge >= 0.3 is 0 Å². The van der Waals surface area contributed by atoms with E-state index in [1.54, 1.807) is 0 Å². The lowest BCUT2D eigenvalue weighted by molar-refractivity contribution is 0.538. The summed E-state index contributed by atoms with van der Waals surface area (Å²) in [5.74, 6) is 0. The molecule has 1 saturated heterocycles. The monoisotopic (exact) mass is 257 g/mol. The first-order chi connectivity index (χ1) is 9.11. The Labute approximate surface area is 116 Å². The van der Waals surface area contributed by atoms with Crippen molar-refractivity contribution in [2.75, 3.05) is 18.0 Å². The van der Waals surface area contributed by atoms with Gasteiger partial charge in [0.05, 0.1) is 18.5 Å². The van der Waals surface area contributed by atoms with Crippen molar-refractivity contribution in [1.29, 1.82) is 5.26 Å². The molecule has 0 saturated carbocycles. The minimum atomic E-state index is 0.275. The Morgan fingerprint density at radius 2 is 2.16 bits per heavy atom. The summed E-state index contributed by atoms with van der Waals surface area (Å²) in [6, 6.07) is 9.73. The number of aryl methyl sites for hydroxylation is 2. The van der Waals surface area contributed by atoms with Crippen LogP contribution < -0.4 is 10.2 Å². The molecule has 1 aromatic rings. The topological polar surface area (TPSA) is 39.1 Å². The van der Waals surface area contributed by atoms with Crippen LogP contribution in [0.1, 0.15) is 30.9 Å². The third-order valence-corrected chi connectivity index (χ3v) is 4.09. The average molecular weight is 257 g/mol. The fraction of sp³-hybridized carbons (Fsp3) is 0.562. The highest BCUT2D eigenvalue weighted by Gasteiger charge is 2.23. The van der Waals surface area contributed by atoms with Gasteiger partial charge in [-0.15, -0.1) is 0 Å². The van der Waals surface area contributed by atoms with Gasteiger partial charge in [0, 0.05) is 24.8 Å². The van der Waals surface area contributed by atoms with E-state index in [-0.39, 0.29) is 6.04 Å². The molecule has 1 aliphatic rings. The Balaban J connectivity index is 2.26. The second-order valence-corrected chi connectivity index (χ2v) is 5.58. The largest absolute Gasteiger partial charge is 0.366 e. The first-order valence-corrected chi connectivity index (χ1v) is 7.06. The number of benzene rings is 1. The van der Waals surface area contributed by atoms with Gasteiger partial charge in [-0.2, -0.15) is 5.26 Å². The molecule has 1 aliphatic heterocycles. The van der Waals surface area contributed by atoms with E-state index < -0.39 is 0 Å². The molecular weight excluding hydrogens is 234 g/mol. The van der Waals surface area contributed by atoms with Crippen LogP contribution in [-0.2, 0) is 0 Å². The molecule has 102 valence electrons. The first-order valence-electron chi connectivity index (χ1n) is 7.06. The quantitative estimate of drug-likeness (QED) is 0.885. The maximum absolute atomic E-state index is 9.04. The predicted octanol–water partition coefficient (Wildman–Crippen LogP) is 2.77. The van der Waals surface area contributed by atoms with Crippen molar-refractivity contribution in [2.45, 2.75) is 45.7 Å². The summed E-state index contributed by atoms with van der Waals surface area (Å²) in [6.45, 7) is 8.41. The summed E-state index contributed by atoms with van der Waals surface area (Å²) in [7, 11) is 0. The smallest absolute Gasteiger partial charge is 0.0643 e. The molecule has 0 aliphatic carbocycles. The minimum Gasteiger partial charge on any atom is -0.366 e. The number of nitrogens with zero attached hydrogens (tertiary/aromatic N) is 2. The third-order valence-electron chi connectivity index (χ3n) is 4.09. The summed E-state index contributed by atoms with van der Waals surface area (Å²) in [5.41, 5.74) is 3.89. The lowest BCUT2D eigenvalue weighted by Gasteiger charge is -2.30. The summed E-state index contributed by atoms with van der Waals surface area (Å²) >= 11 is 0. The van der Waals surface area contributed by atoms with Crippen molar-refractivity contribution in [1.82, 2.24) is 5.32 Å². The van der Waals surface area contributed by atoms with E-state index in [1.165, 1.54) is 16.8 Å². The zero-order valence-electron chi connectivity index (χ0n) is 12.1.